The Labute approximate surface area is 169 Å². The highest BCUT2D eigenvalue weighted by atomic mass is 32.1. The largest absolute Gasteiger partial charge is 0.476 e. The first-order valence-corrected chi connectivity index (χ1v) is 9.95. The van der Waals surface area contributed by atoms with Crippen molar-refractivity contribution < 1.29 is 14.3 Å². The molecule has 1 aliphatic heterocycles. The lowest BCUT2D eigenvalue weighted by Crippen LogP contribution is -2.26. The van der Waals surface area contributed by atoms with E-state index < -0.39 is 5.97 Å². The number of carboxylic acids is 1. The van der Waals surface area contributed by atoms with Crippen molar-refractivity contribution in [3.05, 3.63) is 64.9 Å². The number of carboxylic acid groups (broad SMARTS) is 1. The number of anilines is 2. The summed E-state index contributed by atoms with van der Waals surface area (Å²) in [6, 6.07) is 14.2. The van der Waals surface area contributed by atoms with E-state index in [0.717, 1.165) is 36.4 Å². The summed E-state index contributed by atoms with van der Waals surface area (Å²) in [4.78, 5) is 27.4. The molecule has 29 heavy (non-hydrogen) atoms. The highest BCUT2D eigenvalue weighted by Crippen LogP contribution is 2.38. The van der Waals surface area contributed by atoms with Crippen LogP contribution in [0.15, 0.2) is 48.5 Å². The number of benzene rings is 2. The first-order chi connectivity index (χ1) is 14.1. The molecular formula is C21H15FN4O2S. The van der Waals surface area contributed by atoms with Crippen LogP contribution in [0.4, 0.5) is 15.9 Å². The first kappa shape index (κ1) is 17.7. The van der Waals surface area contributed by atoms with Gasteiger partial charge < -0.3 is 10.0 Å². The summed E-state index contributed by atoms with van der Waals surface area (Å²) < 4.78 is 13.5. The number of fused-ring (bicyclic) bond motifs is 2. The van der Waals surface area contributed by atoms with E-state index in [0.29, 0.717) is 21.9 Å². The van der Waals surface area contributed by atoms with Crippen molar-refractivity contribution in [3.63, 3.8) is 0 Å². The Morgan fingerprint density at radius 1 is 1.07 bits per heavy atom. The van der Waals surface area contributed by atoms with Crippen molar-refractivity contribution in [2.75, 3.05) is 11.4 Å². The van der Waals surface area contributed by atoms with Crippen LogP contribution in [0.25, 0.3) is 21.7 Å². The molecule has 0 spiro atoms. The highest BCUT2D eigenvalue weighted by molar-refractivity contribution is 7.19. The third kappa shape index (κ3) is 3.11. The second-order valence-electron chi connectivity index (χ2n) is 6.74. The van der Waals surface area contributed by atoms with Gasteiger partial charge in [0.05, 0.1) is 0 Å². The molecule has 3 heterocycles. The van der Waals surface area contributed by atoms with Crippen LogP contribution < -0.4 is 4.90 Å². The second-order valence-corrected chi connectivity index (χ2v) is 7.72. The maximum Gasteiger partial charge on any atom is 0.365 e. The smallest absolute Gasteiger partial charge is 0.365 e. The van der Waals surface area contributed by atoms with E-state index >= 15 is 0 Å². The summed E-state index contributed by atoms with van der Waals surface area (Å²) in [5.41, 5.74) is 3.81. The Bertz CT molecular complexity index is 1240. The molecule has 144 valence electrons. The van der Waals surface area contributed by atoms with Crippen LogP contribution in [0.1, 0.15) is 21.8 Å². The Kier molecular flexibility index (Phi) is 4.21. The summed E-state index contributed by atoms with van der Waals surface area (Å²) in [7, 11) is 0. The van der Waals surface area contributed by atoms with Gasteiger partial charge in [0, 0.05) is 17.8 Å². The molecule has 1 N–H and O–H groups in total. The molecule has 0 unspecified atom stereocenters. The highest BCUT2D eigenvalue weighted by Gasteiger charge is 2.25. The fourth-order valence-corrected chi connectivity index (χ4v) is 4.31. The Balaban J connectivity index is 1.75. The van der Waals surface area contributed by atoms with E-state index in [9.17, 15) is 14.3 Å². The molecule has 8 heteroatoms. The average Bonchev–Trinajstić information content (AvgIpc) is 3.16. The van der Waals surface area contributed by atoms with Gasteiger partial charge in [0.15, 0.2) is 16.3 Å². The standard InChI is InChI=1S/C21H15FN4O2S/c22-14-9-7-13(8-10-14)16-18(25-19-17(23-16)24-20(29-19)21(27)28)26-11-3-5-12-4-1-2-6-15(12)26/h1-2,4,6-10H,3,5,11H2,(H,27,28). The Morgan fingerprint density at radius 3 is 2.66 bits per heavy atom. The molecule has 0 atom stereocenters. The predicted octanol–water partition coefficient (Wildman–Crippen LogP) is 4.67. The average molecular weight is 406 g/mol. The molecule has 0 radical (unpaired) electrons. The lowest BCUT2D eigenvalue weighted by Gasteiger charge is -2.31. The van der Waals surface area contributed by atoms with Gasteiger partial charge in [-0.15, -0.1) is 0 Å². The number of thiazole rings is 1. The molecule has 0 saturated carbocycles. The monoisotopic (exact) mass is 406 g/mol. The van der Waals surface area contributed by atoms with E-state index in [1.165, 1.54) is 17.7 Å². The summed E-state index contributed by atoms with van der Waals surface area (Å²) in [5.74, 6) is -0.825. The number of aryl methyl sites for hydroxylation is 1. The van der Waals surface area contributed by atoms with Gasteiger partial charge in [-0.3, -0.25) is 0 Å². The van der Waals surface area contributed by atoms with E-state index in [4.69, 9.17) is 4.98 Å². The lowest BCUT2D eigenvalue weighted by molar-refractivity contribution is 0.0696. The van der Waals surface area contributed by atoms with E-state index in [2.05, 4.69) is 20.9 Å². The third-order valence-electron chi connectivity index (χ3n) is 4.90. The zero-order valence-electron chi connectivity index (χ0n) is 15.2. The molecule has 5 rings (SSSR count). The molecule has 0 saturated heterocycles. The minimum Gasteiger partial charge on any atom is -0.476 e. The summed E-state index contributed by atoms with van der Waals surface area (Å²) >= 11 is 1.00. The van der Waals surface area contributed by atoms with Gasteiger partial charge in [0.2, 0.25) is 5.01 Å². The minimum absolute atomic E-state index is 0.0544. The van der Waals surface area contributed by atoms with Gasteiger partial charge >= 0.3 is 5.97 Å². The van der Waals surface area contributed by atoms with Crippen LogP contribution in [-0.2, 0) is 6.42 Å². The second kappa shape index (κ2) is 6.89. The predicted molar refractivity (Wildman–Crippen MR) is 109 cm³/mol. The molecule has 2 aromatic carbocycles. The molecule has 2 aromatic heterocycles. The van der Waals surface area contributed by atoms with Crippen molar-refractivity contribution in [1.29, 1.82) is 0 Å². The zero-order chi connectivity index (χ0) is 20.0. The molecule has 6 nitrogen and oxygen atoms in total. The van der Waals surface area contributed by atoms with E-state index in [1.54, 1.807) is 12.1 Å². The quantitative estimate of drug-likeness (QED) is 0.532. The van der Waals surface area contributed by atoms with Gasteiger partial charge in [-0.2, -0.15) is 0 Å². The number of para-hydroxylation sites is 1. The molecular weight excluding hydrogens is 391 g/mol. The molecule has 0 amide bonds. The molecule has 0 bridgehead atoms. The fraction of sp³-hybridized carbons (Fsp3) is 0.143. The number of nitrogens with zero attached hydrogens (tertiary/aromatic N) is 4. The number of rotatable bonds is 3. The van der Waals surface area contributed by atoms with Crippen molar-refractivity contribution in [1.82, 2.24) is 15.0 Å². The number of aromatic carboxylic acids is 1. The summed E-state index contributed by atoms with van der Waals surface area (Å²) in [6.07, 6.45) is 1.95. The number of aromatic nitrogens is 3. The van der Waals surface area contributed by atoms with Crippen LogP contribution in [0.2, 0.25) is 0 Å². The topological polar surface area (TPSA) is 79.2 Å². The van der Waals surface area contributed by atoms with E-state index in [-0.39, 0.29) is 16.5 Å². The van der Waals surface area contributed by atoms with Crippen LogP contribution in [0.3, 0.4) is 0 Å². The van der Waals surface area contributed by atoms with Gasteiger partial charge in [-0.1, -0.05) is 29.5 Å². The number of halogens is 1. The Hall–Kier alpha value is -3.39. The molecule has 0 fully saturated rings. The lowest BCUT2D eigenvalue weighted by atomic mass is 10.0. The fourth-order valence-electron chi connectivity index (χ4n) is 3.59. The number of hydrogen-bond donors (Lipinski definition) is 1. The summed E-state index contributed by atoms with van der Waals surface area (Å²) in [6.45, 7) is 0.760. The number of hydrogen-bond acceptors (Lipinski definition) is 6. The van der Waals surface area contributed by atoms with Gasteiger partial charge in [-0.25, -0.2) is 24.1 Å². The van der Waals surface area contributed by atoms with Gasteiger partial charge in [0.1, 0.15) is 11.5 Å². The minimum atomic E-state index is -1.11. The zero-order valence-corrected chi connectivity index (χ0v) is 16.0. The molecule has 4 aromatic rings. The molecule has 1 aliphatic rings. The first-order valence-electron chi connectivity index (χ1n) is 9.13. The van der Waals surface area contributed by atoms with Crippen LogP contribution in [-0.4, -0.2) is 32.6 Å². The maximum absolute atomic E-state index is 13.5. The van der Waals surface area contributed by atoms with Crippen molar-refractivity contribution in [3.8, 4) is 11.3 Å². The van der Waals surface area contributed by atoms with Gasteiger partial charge in [0.25, 0.3) is 0 Å². The summed E-state index contributed by atoms with van der Waals surface area (Å²) in [5, 5.41) is 9.24. The van der Waals surface area contributed by atoms with Crippen LogP contribution in [0.5, 0.6) is 0 Å². The van der Waals surface area contributed by atoms with Crippen molar-refractivity contribution in [2.45, 2.75) is 12.8 Å². The van der Waals surface area contributed by atoms with Crippen LogP contribution >= 0.6 is 11.3 Å². The van der Waals surface area contributed by atoms with E-state index in [1.807, 2.05) is 18.2 Å². The number of carbonyl (C=O) groups is 1. The maximum atomic E-state index is 13.5. The van der Waals surface area contributed by atoms with Crippen molar-refractivity contribution in [2.24, 2.45) is 0 Å². The van der Waals surface area contributed by atoms with Crippen molar-refractivity contribution >= 4 is 39.3 Å². The SMILES string of the molecule is O=C(O)c1nc2nc(-c3ccc(F)cc3)c(N3CCCc4ccccc43)nc2s1. The normalized spacial score (nSPS) is 13.5. The third-order valence-corrected chi connectivity index (χ3v) is 5.82. The van der Waals surface area contributed by atoms with Gasteiger partial charge in [-0.05, 0) is 48.7 Å². The Morgan fingerprint density at radius 2 is 1.86 bits per heavy atom. The molecule has 0 aliphatic carbocycles. The van der Waals surface area contributed by atoms with Crippen LogP contribution in [0, 0.1) is 5.82 Å².